The second-order valence-corrected chi connectivity index (χ2v) is 6.32. The summed E-state index contributed by atoms with van der Waals surface area (Å²) in [5.41, 5.74) is 7.59. The molecule has 1 aliphatic rings. The van der Waals surface area contributed by atoms with Crippen LogP contribution in [0.3, 0.4) is 0 Å². The van der Waals surface area contributed by atoms with E-state index in [1.54, 1.807) is 24.3 Å². The predicted octanol–water partition coefficient (Wildman–Crippen LogP) is 2.81. The molecule has 0 saturated carbocycles. The Kier molecular flexibility index (Phi) is 3.95. The van der Waals surface area contributed by atoms with Gasteiger partial charge in [0.2, 0.25) is 5.13 Å². The quantitative estimate of drug-likeness (QED) is 0.702. The van der Waals surface area contributed by atoms with Gasteiger partial charge >= 0.3 is 0 Å². The Labute approximate surface area is 147 Å². The molecular weight excluding hydrogens is 340 g/mol. The number of aromatic nitrogens is 2. The molecule has 3 N–H and O–H groups in total. The van der Waals surface area contributed by atoms with Gasteiger partial charge in [-0.05, 0) is 42.5 Å². The van der Waals surface area contributed by atoms with Crippen LogP contribution in [0.2, 0.25) is 0 Å². The molecule has 1 aliphatic heterocycles. The Bertz CT molecular complexity index is 924. The van der Waals surface area contributed by atoms with E-state index in [9.17, 15) is 4.79 Å². The van der Waals surface area contributed by atoms with Crippen LogP contribution < -0.4 is 20.5 Å². The van der Waals surface area contributed by atoms with E-state index < -0.39 is 0 Å². The van der Waals surface area contributed by atoms with Crippen molar-refractivity contribution in [1.82, 2.24) is 10.2 Å². The molecule has 0 unspecified atom stereocenters. The first kappa shape index (κ1) is 15.4. The zero-order valence-corrected chi connectivity index (χ0v) is 13.9. The number of carbonyl (C=O) groups excluding carboxylic acids is 1. The molecule has 2 heterocycles. The number of fused-ring (bicyclic) bond motifs is 1. The fourth-order valence-electron chi connectivity index (χ4n) is 2.37. The van der Waals surface area contributed by atoms with Gasteiger partial charge < -0.3 is 15.2 Å². The number of ether oxygens (including phenoxy) is 2. The molecule has 0 aliphatic carbocycles. The summed E-state index contributed by atoms with van der Waals surface area (Å²) in [6, 6.07) is 12.3. The zero-order valence-electron chi connectivity index (χ0n) is 13.1. The molecule has 1 aromatic heterocycles. The number of anilines is 2. The van der Waals surface area contributed by atoms with Gasteiger partial charge in [0.15, 0.2) is 11.5 Å². The van der Waals surface area contributed by atoms with Crippen LogP contribution in [0.25, 0.3) is 10.6 Å². The smallest absolute Gasteiger partial charge is 0.257 e. The van der Waals surface area contributed by atoms with Crippen molar-refractivity contribution in [3.05, 3.63) is 48.0 Å². The van der Waals surface area contributed by atoms with Crippen molar-refractivity contribution in [3.63, 3.8) is 0 Å². The molecular formula is C17H14N4O3S. The summed E-state index contributed by atoms with van der Waals surface area (Å²) in [5.74, 6) is 1.15. The Morgan fingerprint density at radius 1 is 1.04 bits per heavy atom. The summed E-state index contributed by atoms with van der Waals surface area (Å²) in [6.45, 7) is 1.07. The molecule has 25 heavy (non-hydrogen) atoms. The van der Waals surface area contributed by atoms with Gasteiger partial charge in [0, 0.05) is 16.8 Å². The van der Waals surface area contributed by atoms with Crippen LogP contribution in [0.5, 0.6) is 11.5 Å². The average molecular weight is 354 g/mol. The predicted molar refractivity (Wildman–Crippen MR) is 95.1 cm³/mol. The monoisotopic (exact) mass is 354 g/mol. The van der Waals surface area contributed by atoms with Crippen molar-refractivity contribution in [2.75, 3.05) is 24.3 Å². The summed E-state index contributed by atoms with van der Waals surface area (Å²) >= 11 is 1.29. The number of nitrogens with two attached hydrogens (primary N) is 1. The van der Waals surface area contributed by atoms with Gasteiger partial charge in [-0.2, -0.15) is 0 Å². The lowest BCUT2D eigenvalue weighted by Gasteiger charge is -2.18. The third-order valence-electron chi connectivity index (χ3n) is 3.61. The van der Waals surface area contributed by atoms with Crippen LogP contribution >= 0.6 is 11.3 Å². The van der Waals surface area contributed by atoms with Crippen LogP contribution in [-0.4, -0.2) is 29.3 Å². The molecule has 7 nitrogen and oxygen atoms in total. The maximum Gasteiger partial charge on any atom is 0.257 e. The topological polar surface area (TPSA) is 99.4 Å². The van der Waals surface area contributed by atoms with Crippen molar-refractivity contribution < 1.29 is 14.3 Å². The largest absolute Gasteiger partial charge is 0.486 e. The van der Waals surface area contributed by atoms with Gasteiger partial charge in [-0.15, -0.1) is 10.2 Å². The number of nitrogens with one attached hydrogen (secondary N) is 1. The highest BCUT2D eigenvalue weighted by molar-refractivity contribution is 7.18. The van der Waals surface area contributed by atoms with Gasteiger partial charge in [0.05, 0.1) is 0 Å². The molecule has 1 amide bonds. The molecule has 3 aromatic rings. The highest BCUT2D eigenvalue weighted by Crippen LogP contribution is 2.36. The molecule has 0 spiro atoms. The summed E-state index contributed by atoms with van der Waals surface area (Å²) in [7, 11) is 0. The minimum atomic E-state index is -0.259. The van der Waals surface area contributed by atoms with Crippen LogP contribution in [0.1, 0.15) is 10.4 Å². The van der Waals surface area contributed by atoms with E-state index in [-0.39, 0.29) is 5.91 Å². The fourth-order valence-corrected chi connectivity index (χ4v) is 3.11. The van der Waals surface area contributed by atoms with E-state index in [1.165, 1.54) is 11.3 Å². The number of rotatable bonds is 3. The van der Waals surface area contributed by atoms with E-state index >= 15 is 0 Å². The van der Waals surface area contributed by atoms with E-state index in [4.69, 9.17) is 15.2 Å². The highest BCUT2D eigenvalue weighted by atomic mass is 32.1. The van der Waals surface area contributed by atoms with Crippen LogP contribution in [0.15, 0.2) is 42.5 Å². The second kappa shape index (κ2) is 6.40. The van der Waals surface area contributed by atoms with Gasteiger partial charge in [0.25, 0.3) is 5.91 Å². The van der Waals surface area contributed by atoms with Gasteiger partial charge in [-0.3, -0.25) is 10.1 Å². The third-order valence-corrected chi connectivity index (χ3v) is 4.50. The zero-order chi connectivity index (χ0) is 17.2. The number of nitrogen functional groups attached to an aromatic ring is 1. The Morgan fingerprint density at radius 2 is 1.80 bits per heavy atom. The summed E-state index contributed by atoms with van der Waals surface area (Å²) < 4.78 is 11.1. The van der Waals surface area contributed by atoms with E-state index in [1.807, 2.05) is 18.2 Å². The lowest BCUT2D eigenvalue weighted by atomic mass is 10.2. The second-order valence-electron chi connectivity index (χ2n) is 5.35. The minimum absolute atomic E-state index is 0.259. The van der Waals surface area contributed by atoms with Crippen LogP contribution in [0.4, 0.5) is 10.8 Å². The molecule has 0 radical (unpaired) electrons. The number of amides is 1. The Hall–Kier alpha value is -3.13. The van der Waals surface area contributed by atoms with E-state index in [0.29, 0.717) is 40.4 Å². The standard InChI is InChI=1S/C17H14N4O3S/c18-12-4-1-10(2-5-12)15(22)19-17-21-20-16(25-17)11-3-6-13-14(9-11)24-8-7-23-13/h1-6,9H,7-8,18H2,(H,19,21,22). The number of nitrogens with zero attached hydrogens (tertiary/aromatic N) is 2. The van der Waals surface area contributed by atoms with Crippen LogP contribution in [-0.2, 0) is 0 Å². The lowest BCUT2D eigenvalue weighted by Crippen LogP contribution is -2.15. The first-order chi connectivity index (χ1) is 12.2. The maximum absolute atomic E-state index is 12.2. The third kappa shape index (κ3) is 3.24. The highest BCUT2D eigenvalue weighted by Gasteiger charge is 2.15. The van der Waals surface area contributed by atoms with Crippen LogP contribution in [0, 0.1) is 0 Å². The molecule has 0 atom stereocenters. The SMILES string of the molecule is Nc1ccc(C(=O)Nc2nnc(-c3ccc4c(c3)OCCO4)s2)cc1. The molecule has 4 rings (SSSR count). The molecule has 0 fully saturated rings. The number of hydrogen-bond acceptors (Lipinski definition) is 7. The van der Waals surface area contributed by atoms with Crippen molar-refractivity contribution in [3.8, 4) is 22.1 Å². The molecule has 8 heteroatoms. The van der Waals surface area contributed by atoms with E-state index in [0.717, 1.165) is 11.3 Å². The van der Waals surface area contributed by atoms with Crippen molar-refractivity contribution in [1.29, 1.82) is 0 Å². The van der Waals surface area contributed by atoms with Gasteiger partial charge in [-0.1, -0.05) is 11.3 Å². The summed E-state index contributed by atoms with van der Waals surface area (Å²) in [4.78, 5) is 12.2. The van der Waals surface area contributed by atoms with Gasteiger partial charge in [-0.25, -0.2) is 0 Å². The normalized spacial score (nSPS) is 12.6. The molecule has 0 saturated heterocycles. The van der Waals surface area contributed by atoms with Crippen molar-refractivity contribution >= 4 is 28.1 Å². The molecule has 126 valence electrons. The maximum atomic E-state index is 12.2. The fraction of sp³-hybridized carbons (Fsp3) is 0.118. The average Bonchev–Trinajstić information content (AvgIpc) is 3.10. The summed E-state index contributed by atoms with van der Waals surface area (Å²) in [6.07, 6.45) is 0. The molecule has 0 bridgehead atoms. The van der Waals surface area contributed by atoms with E-state index in [2.05, 4.69) is 15.5 Å². The Balaban J connectivity index is 1.52. The van der Waals surface area contributed by atoms with Crippen molar-refractivity contribution in [2.45, 2.75) is 0 Å². The Morgan fingerprint density at radius 3 is 2.60 bits per heavy atom. The minimum Gasteiger partial charge on any atom is -0.486 e. The first-order valence-corrected chi connectivity index (χ1v) is 8.41. The first-order valence-electron chi connectivity index (χ1n) is 7.59. The summed E-state index contributed by atoms with van der Waals surface area (Å²) in [5, 5.41) is 12.0. The number of benzene rings is 2. The van der Waals surface area contributed by atoms with Crippen molar-refractivity contribution in [2.24, 2.45) is 0 Å². The lowest BCUT2D eigenvalue weighted by molar-refractivity contribution is 0.102. The molecule has 2 aromatic carbocycles. The van der Waals surface area contributed by atoms with Gasteiger partial charge in [0.1, 0.15) is 18.2 Å². The number of hydrogen-bond donors (Lipinski definition) is 2. The number of carbonyl (C=O) groups is 1.